The van der Waals surface area contributed by atoms with Crippen LogP contribution in [0.25, 0.3) is 0 Å². The third kappa shape index (κ3) is 6.40. The summed E-state index contributed by atoms with van der Waals surface area (Å²) in [7, 11) is 0. The Morgan fingerprint density at radius 1 is 1.15 bits per heavy atom. The number of amides is 1. The van der Waals surface area contributed by atoms with Crippen molar-refractivity contribution in [1.82, 2.24) is 15.0 Å². The summed E-state index contributed by atoms with van der Waals surface area (Å²) in [5.41, 5.74) is 1.96. The first-order valence-corrected chi connectivity index (χ1v) is 9.81. The number of anilines is 3. The van der Waals surface area contributed by atoms with E-state index in [2.05, 4.69) is 61.2 Å². The second kappa shape index (κ2) is 10.2. The molecule has 0 aliphatic heterocycles. The summed E-state index contributed by atoms with van der Waals surface area (Å²) in [4.78, 5) is 24.7. The fraction of sp³-hybridized carbons (Fsp3) is 0.444. The first-order chi connectivity index (χ1) is 12.5. The number of benzene rings is 1. The van der Waals surface area contributed by atoms with E-state index in [1.807, 2.05) is 26.0 Å². The first-order valence-electron chi connectivity index (χ1n) is 8.73. The van der Waals surface area contributed by atoms with Crippen LogP contribution >= 0.6 is 22.6 Å². The average molecular weight is 469 g/mol. The molecule has 0 aliphatic rings. The summed E-state index contributed by atoms with van der Waals surface area (Å²) in [6.45, 7) is 6.38. The van der Waals surface area contributed by atoms with E-state index in [9.17, 15) is 4.79 Å². The maximum Gasteiger partial charge on any atom is 0.323 e. The van der Waals surface area contributed by atoms with Gasteiger partial charge in [-0.05, 0) is 66.6 Å². The van der Waals surface area contributed by atoms with Gasteiger partial charge in [-0.3, -0.25) is 10.1 Å². The van der Waals surface area contributed by atoms with E-state index < -0.39 is 0 Å². The Kier molecular flexibility index (Phi) is 8.02. The van der Waals surface area contributed by atoms with Crippen LogP contribution in [0.15, 0.2) is 18.2 Å². The van der Waals surface area contributed by atoms with Crippen LogP contribution in [0, 0.1) is 10.5 Å². The average Bonchev–Trinajstić information content (AvgIpc) is 2.58. The minimum atomic E-state index is -0.108. The van der Waals surface area contributed by atoms with Gasteiger partial charge in [0.2, 0.25) is 17.8 Å². The normalized spacial score (nSPS) is 10.5. The van der Waals surface area contributed by atoms with Crippen molar-refractivity contribution in [2.24, 2.45) is 0 Å². The molecule has 0 atom stereocenters. The molecule has 2 aromatic rings. The highest BCUT2D eigenvalue weighted by molar-refractivity contribution is 14.1. The minimum absolute atomic E-state index is 0.108. The Bertz CT molecular complexity index is 754. The van der Waals surface area contributed by atoms with E-state index in [0.29, 0.717) is 19.0 Å². The van der Waals surface area contributed by atoms with Crippen LogP contribution in [0.2, 0.25) is 0 Å². The zero-order valence-electron chi connectivity index (χ0n) is 15.3. The van der Waals surface area contributed by atoms with Crippen LogP contribution in [0.4, 0.5) is 17.6 Å². The van der Waals surface area contributed by atoms with Gasteiger partial charge in [-0.2, -0.15) is 15.0 Å². The second-order valence-electron chi connectivity index (χ2n) is 5.79. The van der Waals surface area contributed by atoms with Crippen LogP contribution in [0.3, 0.4) is 0 Å². The standard InChI is InChI=1S/C18H24IN5O2/c1-4-6-7-8-15(25)21-17-22-16(23-18(24-17)26-5-2)20-14-10-9-13(19)11-12(14)3/h9-11H,4-8H2,1-3H3,(H2,20,21,22,23,24,25). The molecular formula is C18H24IN5O2. The number of aryl methyl sites for hydroxylation is 1. The largest absolute Gasteiger partial charge is 0.464 e. The predicted molar refractivity (Wildman–Crippen MR) is 111 cm³/mol. The zero-order valence-corrected chi connectivity index (χ0v) is 17.5. The lowest BCUT2D eigenvalue weighted by molar-refractivity contribution is -0.116. The number of hydrogen-bond donors (Lipinski definition) is 2. The summed E-state index contributed by atoms with van der Waals surface area (Å²) >= 11 is 2.26. The van der Waals surface area contributed by atoms with Crippen LogP contribution < -0.4 is 15.4 Å². The number of nitrogens with zero attached hydrogens (tertiary/aromatic N) is 3. The molecular weight excluding hydrogens is 445 g/mol. The molecule has 0 unspecified atom stereocenters. The van der Waals surface area contributed by atoms with E-state index in [4.69, 9.17) is 4.74 Å². The third-order valence-electron chi connectivity index (χ3n) is 3.58. The molecule has 7 nitrogen and oxygen atoms in total. The molecule has 2 rings (SSSR count). The van der Waals surface area contributed by atoms with Crippen molar-refractivity contribution < 1.29 is 9.53 Å². The number of aromatic nitrogens is 3. The number of ether oxygens (including phenoxy) is 1. The second-order valence-corrected chi connectivity index (χ2v) is 7.03. The SMILES string of the molecule is CCCCCC(=O)Nc1nc(Nc2ccc(I)cc2C)nc(OCC)n1. The molecule has 0 aliphatic carbocycles. The van der Waals surface area contributed by atoms with E-state index in [0.717, 1.165) is 34.1 Å². The molecule has 1 heterocycles. The van der Waals surface area contributed by atoms with Crippen LogP contribution in [0.1, 0.15) is 45.1 Å². The lowest BCUT2D eigenvalue weighted by Gasteiger charge is -2.11. The number of nitrogens with one attached hydrogen (secondary N) is 2. The van der Waals surface area contributed by atoms with Gasteiger partial charge < -0.3 is 10.1 Å². The Morgan fingerprint density at radius 2 is 1.92 bits per heavy atom. The molecule has 8 heteroatoms. The molecule has 140 valence electrons. The highest BCUT2D eigenvalue weighted by Gasteiger charge is 2.11. The Balaban J connectivity index is 2.17. The molecule has 0 spiro atoms. The van der Waals surface area contributed by atoms with Gasteiger partial charge in [0.05, 0.1) is 6.61 Å². The van der Waals surface area contributed by atoms with E-state index >= 15 is 0 Å². The topological polar surface area (TPSA) is 89.0 Å². The summed E-state index contributed by atoms with van der Waals surface area (Å²) in [5.74, 6) is 0.413. The van der Waals surface area contributed by atoms with E-state index in [-0.39, 0.29) is 17.9 Å². The van der Waals surface area contributed by atoms with Gasteiger partial charge in [-0.25, -0.2) is 0 Å². The molecule has 1 amide bonds. The smallest absolute Gasteiger partial charge is 0.323 e. The summed E-state index contributed by atoms with van der Waals surface area (Å²) in [5, 5.41) is 5.89. The van der Waals surface area contributed by atoms with Crippen molar-refractivity contribution in [2.75, 3.05) is 17.2 Å². The molecule has 0 fully saturated rings. The summed E-state index contributed by atoms with van der Waals surface area (Å²) < 4.78 is 6.55. The third-order valence-corrected chi connectivity index (χ3v) is 4.25. The minimum Gasteiger partial charge on any atom is -0.464 e. The van der Waals surface area contributed by atoms with Gasteiger partial charge >= 0.3 is 6.01 Å². The van der Waals surface area contributed by atoms with E-state index in [1.54, 1.807) is 0 Å². The molecule has 0 saturated heterocycles. The fourth-order valence-corrected chi connectivity index (χ4v) is 2.92. The van der Waals surface area contributed by atoms with Gasteiger partial charge in [-0.1, -0.05) is 19.8 Å². The van der Waals surface area contributed by atoms with Gasteiger partial charge in [0.25, 0.3) is 0 Å². The van der Waals surface area contributed by atoms with Gasteiger partial charge in [-0.15, -0.1) is 0 Å². The molecule has 0 saturated carbocycles. The highest BCUT2D eigenvalue weighted by Crippen LogP contribution is 2.22. The number of rotatable bonds is 9. The number of carbonyl (C=O) groups excluding carboxylic acids is 1. The molecule has 0 bridgehead atoms. The highest BCUT2D eigenvalue weighted by atomic mass is 127. The quantitative estimate of drug-likeness (QED) is 0.417. The van der Waals surface area contributed by atoms with Gasteiger partial charge in [0.1, 0.15) is 0 Å². The Hall–Kier alpha value is -1.97. The lowest BCUT2D eigenvalue weighted by atomic mass is 10.2. The summed E-state index contributed by atoms with van der Waals surface area (Å²) in [6, 6.07) is 6.20. The Morgan fingerprint density at radius 3 is 2.62 bits per heavy atom. The van der Waals surface area contributed by atoms with Crippen LogP contribution in [0.5, 0.6) is 6.01 Å². The fourth-order valence-electron chi connectivity index (χ4n) is 2.27. The predicted octanol–water partition coefficient (Wildman–Crippen LogP) is 4.45. The van der Waals surface area contributed by atoms with Crippen LogP contribution in [-0.4, -0.2) is 27.5 Å². The lowest BCUT2D eigenvalue weighted by Crippen LogP contribution is -2.15. The van der Waals surface area contributed by atoms with Crippen LogP contribution in [-0.2, 0) is 4.79 Å². The van der Waals surface area contributed by atoms with Crippen molar-refractivity contribution in [1.29, 1.82) is 0 Å². The molecule has 2 N–H and O–H groups in total. The van der Waals surface area contributed by atoms with Crippen molar-refractivity contribution in [3.8, 4) is 6.01 Å². The number of unbranched alkanes of at least 4 members (excludes halogenated alkanes) is 2. The van der Waals surface area contributed by atoms with Crippen molar-refractivity contribution in [2.45, 2.75) is 46.5 Å². The Labute approximate surface area is 167 Å². The monoisotopic (exact) mass is 469 g/mol. The van der Waals surface area contributed by atoms with Crippen molar-refractivity contribution in [3.63, 3.8) is 0 Å². The number of halogens is 1. The molecule has 26 heavy (non-hydrogen) atoms. The van der Waals surface area contributed by atoms with Gasteiger partial charge in [0.15, 0.2) is 0 Å². The summed E-state index contributed by atoms with van der Waals surface area (Å²) in [6.07, 6.45) is 3.38. The first kappa shape index (κ1) is 20.3. The number of carbonyl (C=O) groups is 1. The zero-order chi connectivity index (χ0) is 18.9. The van der Waals surface area contributed by atoms with E-state index in [1.165, 1.54) is 0 Å². The van der Waals surface area contributed by atoms with Crippen molar-refractivity contribution in [3.05, 3.63) is 27.3 Å². The molecule has 0 radical (unpaired) electrons. The molecule has 1 aromatic carbocycles. The number of hydrogen-bond acceptors (Lipinski definition) is 6. The maximum atomic E-state index is 12.0. The van der Waals surface area contributed by atoms with Gasteiger partial charge in [0, 0.05) is 15.7 Å². The molecule has 1 aromatic heterocycles. The maximum absolute atomic E-state index is 12.0. The van der Waals surface area contributed by atoms with Crippen molar-refractivity contribution >= 4 is 46.1 Å².